The Bertz CT molecular complexity index is 358. The normalized spacial score (nSPS) is 14.9. The second kappa shape index (κ2) is 7.66. The minimum atomic E-state index is -0.412. The van der Waals surface area contributed by atoms with Crippen LogP contribution in [0.15, 0.2) is 24.3 Å². The van der Waals surface area contributed by atoms with Crippen LogP contribution in [0.4, 0.5) is 0 Å². The van der Waals surface area contributed by atoms with Crippen molar-refractivity contribution in [1.82, 2.24) is 4.90 Å². The molecule has 0 saturated carbocycles. The number of hydrogen-bond acceptors (Lipinski definition) is 2. The zero-order valence-corrected chi connectivity index (χ0v) is 13.1. The molecule has 2 unspecified atom stereocenters. The van der Waals surface area contributed by atoms with E-state index in [9.17, 15) is 5.11 Å². The van der Waals surface area contributed by atoms with E-state index in [4.69, 9.17) is 0 Å². The summed E-state index contributed by atoms with van der Waals surface area (Å²) in [5.74, 6) is 0.622. The van der Waals surface area contributed by atoms with E-state index in [0.29, 0.717) is 5.92 Å². The van der Waals surface area contributed by atoms with Crippen LogP contribution in [0, 0.1) is 5.92 Å². The fourth-order valence-corrected chi connectivity index (χ4v) is 2.48. The quantitative estimate of drug-likeness (QED) is 0.811. The monoisotopic (exact) mass is 263 g/mol. The van der Waals surface area contributed by atoms with Crippen molar-refractivity contribution >= 4 is 0 Å². The first kappa shape index (κ1) is 16.2. The van der Waals surface area contributed by atoms with E-state index in [1.165, 1.54) is 5.56 Å². The molecule has 1 rings (SSSR count). The Balaban J connectivity index is 2.75. The summed E-state index contributed by atoms with van der Waals surface area (Å²) < 4.78 is 0. The zero-order chi connectivity index (χ0) is 14.4. The molecule has 1 N–H and O–H groups in total. The van der Waals surface area contributed by atoms with Crippen molar-refractivity contribution in [2.45, 2.75) is 53.2 Å². The van der Waals surface area contributed by atoms with Gasteiger partial charge in [0.15, 0.2) is 0 Å². The Morgan fingerprint density at radius 1 is 1.05 bits per heavy atom. The molecule has 0 amide bonds. The summed E-state index contributed by atoms with van der Waals surface area (Å²) in [5, 5.41) is 10.5. The van der Waals surface area contributed by atoms with Crippen LogP contribution >= 0.6 is 0 Å². The standard InChI is InChI=1S/C17H29NO/c1-6-15-8-10-16(11-9-15)17(19)14(5)18(7-2)12-13(3)4/h8-11,13-14,17,19H,6-7,12H2,1-5H3. The largest absolute Gasteiger partial charge is 0.387 e. The van der Waals surface area contributed by atoms with Gasteiger partial charge in [-0.15, -0.1) is 0 Å². The number of benzene rings is 1. The highest BCUT2D eigenvalue weighted by Crippen LogP contribution is 2.22. The first-order valence-corrected chi connectivity index (χ1v) is 7.50. The second-order valence-electron chi connectivity index (χ2n) is 5.76. The van der Waals surface area contributed by atoms with Crippen LogP contribution in [0.5, 0.6) is 0 Å². The molecule has 0 saturated heterocycles. The SMILES string of the molecule is CCc1ccc(C(O)C(C)N(CC)CC(C)C)cc1. The van der Waals surface area contributed by atoms with Gasteiger partial charge in [-0.2, -0.15) is 0 Å². The van der Waals surface area contributed by atoms with Gasteiger partial charge in [-0.25, -0.2) is 0 Å². The number of hydrogen-bond donors (Lipinski definition) is 1. The molecule has 0 bridgehead atoms. The highest BCUT2D eigenvalue weighted by Gasteiger charge is 2.22. The Hall–Kier alpha value is -0.860. The summed E-state index contributed by atoms with van der Waals surface area (Å²) in [6.45, 7) is 12.9. The van der Waals surface area contributed by atoms with Gasteiger partial charge >= 0.3 is 0 Å². The lowest BCUT2D eigenvalue weighted by molar-refractivity contribution is 0.0544. The number of aliphatic hydroxyl groups is 1. The Labute approximate surface area is 118 Å². The predicted molar refractivity (Wildman–Crippen MR) is 82.3 cm³/mol. The summed E-state index contributed by atoms with van der Waals surface area (Å²) in [7, 11) is 0. The van der Waals surface area contributed by atoms with Gasteiger partial charge in [0, 0.05) is 12.6 Å². The Kier molecular flexibility index (Phi) is 6.53. The van der Waals surface area contributed by atoms with E-state index in [-0.39, 0.29) is 6.04 Å². The molecule has 2 nitrogen and oxygen atoms in total. The molecule has 0 aliphatic heterocycles. The van der Waals surface area contributed by atoms with E-state index in [2.05, 4.69) is 63.8 Å². The molecule has 0 radical (unpaired) electrons. The molecule has 0 aliphatic rings. The van der Waals surface area contributed by atoms with Crippen molar-refractivity contribution in [1.29, 1.82) is 0 Å². The third kappa shape index (κ3) is 4.63. The van der Waals surface area contributed by atoms with Crippen molar-refractivity contribution in [3.8, 4) is 0 Å². The molecular formula is C17H29NO. The van der Waals surface area contributed by atoms with Crippen molar-refractivity contribution in [2.75, 3.05) is 13.1 Å². The van der Waals surface area contributed by atoms with Crippen molar-refractivity contribution < 1.29 is 5.11 Å². The lowest BCUT2D eigenvalue weighted by Crippen LogP contribution is -2.39. The molecule has 19 heavy (non-hydrogen) atoms. The van der Waals surface area contributed by atoms with Crippen LogP contribution in [0.1, 0.15) is 51.8 Å². The topological polar surface area (TPSA) is 23.5 Å². The van der Waals surface area contributed by atoms with Crippen molar-refractivity contribution in [3.63, 3.8) is 0 Å². The van der Waals surface area contributed by atoms with E-state index in [0.717, 1.165) is 25.1 Å². The second-order valence-corrected chi connectivity index (χ2v) is 5.76. The Morgan fingerprint density at radius 2 is 1.63 bits per heavy atom. The highest BCUT2D eigenvalue weighted by atomic mass is 16.3. The van der Waals surface area contributed by atoms with Crippen LogP contribution in [0.25, 0.3) is 0 Å². The third-order valence-corrected chi connectivity index (χ3v) is 3.77. The molecule has 1 aromatic carbocycles. The van der Waals surface area contributed by atoms with Gasteiger partial charge in [-0.1, -0.05) is 52.0 Å². The van der Waals surface area contributed by atoms with E-state index in [1.54, 1.807) is 0 Å². The maximum absolute atomic E-state index is 10.5. The first-order chi connectivity index (χ1) is 8.99. The van der Waals surface area contributed by atoms with Gasteiger partial charge in [0.05, 0.1) is 6.10 Å². The van der Waals surface area contributed by atoms with Crippen molar-refractivity contribution in [2.24, 2.45) is 5.92 Å². The average molecular weight is 263 g/mol. The fraction of sp³-hybridized carbons (Fsp3) is 0.647. The van der Waals surface area contributed by atoms with Crippen LogP contribution in [0.3, 0.4) is 0 Å². The average Bonchev–Trinajstić information content (AvgIpc) is 2.43. The maximum atomic E-state index is 10.5. The van der Waals surface area contributed by atoms with Crippen LogP contribution in [0.2, 0.25) is 0 Å². The van der Waals surface area contributed by atoms with Crippen LogP contribution in [-0.2, 0) is 6.42 Å². The fourth-order valence-electron chi connectivity index (χ4n) is 2.48. The van der Waals surface area contributed by atoms with Gasteiger partial charge in [0.2, 0.25) is 0 Å². The number of aliphatic hydroxyl groups excluding tert-OH is 1. The highest BCUT2D eigenvalue weighted by molar-refractivity contribution is 5.24. The predicted octanol–water partition coefficient (Wildman–Crippen LogP) is 3.65. The summed E-state index contributed by atoms with van der Waals surface area (Å²) in [6, 6.07) is 8.50. The summed E-state index contributed by atoms with van der Waals surface area (Å²) >= 11 is 0. The van der Waals surface area contributed by atoms with Crippen LogP contribution < -0.4 is 0 Å². The van der Waals surface area contributed by atoms with Gasteiger partial charge in [-0.05, 0) is 36.9 Å². The number of likely N-dealkylation sites (N-methyl/N-ethyl adjacent to an activating group) is 1. The molecular weight excluding hydrogens is 234 g/mol. The summed E-state index contributed by atoms with van der Waals surface area (Å²) in [6.07, 6.45) is 0.630. The zero-order valence-electron chi connectivity index (χ0n) is 13.1. The lowest BCUT2D eigenvalue weighted by Gasteiger charge is -2.32. The third-order valence-electron chi connectivity index (χ3n) is 3.77. The molecule has 0 spiro atoms. The number of nitrogens with zero attached hydrogens (tertiary/aromatic N) is 1. The number of aryl methyl sites for hydroxylation is 1. The molecule has 2 heteroatoms. The molecule has 0 aliphatic carbocycles. The minimum Gasteiger partial charge on any atom is -0.387 e. The van der Waals surface area contributed by atoms with Crippen LogP contribution in [-0.4, -0.2) is 29.1 Å². The Morgan fingerprint density at radius 3 is 2.05 bits per heavy atom. The van der Waals surface area contributed by atoms with E-state index >= 15 is 0 Å². The van der Waals surface area contributed by atoms with Gasteiger partial charge in [0.25, 0.3) is 0 Å². The summed E-state index contributed by atoms with van der Waals surface area (Å²) in [4.78, 5) is 2.35. The van der Waals surface area contributed by atoms with E-state index in [1.807, 2.05) is 0 Å². The lowest BCUT2D eigenvalue weighted by atomic mass is 9.99. The smallest absolute Gasteiger partial charge is 0.0942 e. The summed E-state index contributed by atoms with van der Waals surface area (Å²) in [5.41, 5.74) is 2.34. The van der Waals surface area contributed by atoms with Gasteiger partial charge < -0.3 is 5.11 Å². The molecule has 0 fully saturated rings. The molecule has 0 aromatic heterocycles. The maximum Gasteiger partial charge on any atom is 0.0942 e. The van der Waals surface area contributed by atoms with Crippen molar-refractivity contribution in [3.05, 3.63) is 35.4 Å². The molecule has 108 valence electrons. The molecule has 1 aromatic rings. The molecule has 0 heterocycles. The van der Waals surface area contributed by atoms with Gasteiger partial charge in [0.1, 0.15) is 0 Å². The van der Waals surface area contributed by atoms with Gasteiger partial charge in [-0.3, -0.25) is 4.90 Å². The minimum absolute atomic E-state index is 0.153. The first-order valence-electron chi connectivity index (χ1n) is 7.50. The van der Waals surface area contributed by atoms with E-state index < -0.39 is 6.10 Å². The molecule has 2 atom stereocenters. The number of rotatable bonds is 7.